The number of methoxy groups -OCH3 is 1. The number of ether oxygens (including phenoxy) is 1. The smallest absolute Gasteiger partial charge is 0.337 e. The first kappa shape index (κ1) is 20.6. The van der Waals surface area contributed by atoms with Crippen molar-refractivity contribution < 1.29 is 14.3 Å². The Balaban J connectivity index is 1.70. The lowest BCUT2D eigenvalue weighted by molar-refractivity contribution is -0.113. The third-order valence-corrected chi connectivity index (χ3v) is 5.36. The molecule has 0 spiro atoms. The molecule has 8 heteroatoms. The van der Waals surface area contributed by atoms with Crippen LogP contribution in [0.4, 0.5) is 5.69 Å². The van der Waals surface area contributed by atoms with Gasteiger partial charge in [0.2, 0.25) is 5.91 Å². The summed E-state index contributed by atoms with van der Waals surface area (Å²) < 4.78 is 6.62. The van der Waals surface area contributed by atoms with E-state index in [-0.39, 0.29) is 11.7 Å². The van der Waals surface area contributed by atoms with Gasteiger partial charge >= 0.3 is 5.97 Å². The Labute approximate surface area is 173 Å². The molecule has 2 aromatic carbocycles. The standard InChI is InChI=1S/C21H22N4O3S/c1-4-15-7-5-6-8-18(15)25-13-22-24-21(25)29-12-19(26)23-17-11-16(20(27)28-3)10-9-14(17)2/h5-11,13H,4,12H2,1-3H3,(H,23,26). The van der Waals surface area contributed by atoms with Crippen molar-refractivity contribution in [1.82, 2.24) is 14.8 Å². The summed E-state index contributed by atoms with van der Waals surface area (Å²) in [7, 11) is 1.32. The zero-order valence-corrected chi connectivity index (χ0v) is 17.3. The van der Waals surface area contributed by atoms with E-state index in [4.69, 9.17) is 4.74 Å². The fourth-order valence-corrected chi connectivity index (χ4v) is 3.57. The van der Waals surface area contributed by atoms with E-state index in [1.54, 1.807) is 24.5 Å². The first-order valence-electron chi connectivity index (χ1n) is 9.13. The van der Waals surface area contributed by atoms with Crippen LogP contribution in [0.5, 0.6) is 0 Å². The van der Waals surface area contributed by atoms with Crippen LogP contribution in [-0.2, 0) is 16.0 Å². The summed E-state index contributed by atoms with van der Waals surface area (Å²) in [6.07, 6.45) is 2.54. The highest BCUT2D eigenvalue weighted by Gasteiger charge is 2.14. The number of carbonyl (C=O) groups excluding carboxylic acids is 2. The summed E-state index contributed by atoms with van der Waals surface area (Å²) in [6.45, 7) is 3.95. The first-order valence-corrected chi connectivity index (χ1v) is 10.1. The van der Waals surface area contributed by atoms with Crippen LogP contribution in [0.15, 0.2) is 53.9 Å². The van der Waals surface area contributed by atoms with Crippen molar-refractivity contribution in [2.24, 2.45) is 0 Å². The second-order valence-corrected chi connectivity index (χ2v) is 7.27. The summed E-state index contributed by atoms with van der Waals surface area (Å²) >= 11 is 1.30. The number of carbonyl (C=O) groups is 2. The van der Waals surface area contributed by atoms with Gasteiger partial charge in [-0.3, -0.25) is 9.36 Å². The number of aromatic nitrogens is 3. The monoisotopic (exact) mass is 410 g/mol. The number of hydrogen-bond acceptors (Lipinski definition) is 6. The van der Waals surface area contributed by atoms with E-state index in [1.165, 1.54) is 24.4 Å². The quantitative estimate of drug-likeness (QED) is 0.473. The molecule has 0 saturated carbocycles. The largest absolute Gasteiger partial charge is 0.465 e. The number of rotatable bonds is 7. The number of benzene rings is 2. The third-order valence-electron chi connectivity index (χ3n) is 4.41. The summed E-state index contributed by atoms with van der Waals surface area (Å²) in [5.74, 6) is -0.481. The maximum Gasteiger partial charge on any atom is 0.337 e. The van der Waals surface area contributed by atoms with Crippen LogP contribution < -0.4 is 5.32 Å². The zero-order chi connectivity index (χ0) is 20.8. The average molecular weight is 410 g/mol. The molecule has 0 unspecified atom stereocenters. The van der Waals surface area contributed by atoms with Gasteiger partial charge in [-0.05, 0) is 42.7 Å². The number of para-hydroxylation sites is 1. The molecule has 3 aromatic rings. The first-order chi connectivity index (χ1) is 14.0. The molecule has 0 aliphatic carbocycles. The third kappa shape index (κ3) is 4.83. The number of nitrogens with zero attached hydrogens (tertiary/aromatic N) is 3. The van der Waals surface area contributed by atoms with Crippen LogP contribution in [0.2, 0.25) is 0 Å². The second-order valence-electron chi connectivity index (χ2n) is 6.32. The molecule has 3 rings (SSSR count). The number of hydrogen-bond donors (Lipinski definition) is 1. The molecule has 1 aromatic heterocycles. The molecule has 29 heavy (non-hydrogen) atoms. The summed E-state index contributed by atoms with van der Waals surface area (Å²) in [5.41, 5.74) is 4.00. The minimum Gasteiger partial charge on any atom is -0.465 e. The molecule has 0 saturated heterocycles. The minimum atomic E-state index is -0.447. The normalized spacial score (nSPS) is 10.6. The highest BCUT2D eigenvalue weighted by molar-refractivity contribution is 7.99. The fourth-order valence-electron chi connectivity index (χ4n) is 2.85. The van der Waals surface area contributed by atoms with Crippen molar-refractivity contribution in [2.75, 3.05) is 18.2 Å². The maximum atomic E-state index is 12.5. The molecule has 0 fully saturated rings. The van der Waals surface area contributed by atoms with Crippen LogP contribution in [0, 0.1) is 6.92 Å². The lowest BCUT2D eigenvalue weighted by Crippen LogP contribution is -2.16. The summed E-state index contributed by atoms with van der Waals surface area (Å²) in [6, 6.07) is 13.1. The Morgan fingerprint density at radius 3 is 2.76 bits per heavy atom. The number of anilines is 1. The zero-order valence-electron chi connectivity index (χ0n) is 16.5. The molecule has 1 heterocycles. The molecular formula is C21H22N4O3S. The van der Waals surface area contributed by atoms with Crippen molar-refractivity contribution in [2.45, 2.75) is 25.4 Å². The van der Waals surface area contributed by atoms with Crippen LogP contribution in [0.3, 0.4) is 0 Å². The number of aryl methyl sites for hydroxylation is 2. The van der Waals surface area contributed by atoms with Gasteiger partial charge < -0.3 is 10.1 Å². The molecular weight excluding hydrogens is 388 g/mol. The second kappa shape index (κ2) is 9.38. The van der Waals surface area contributed by atoms with E-state index < -0.39 is 5.97 Å². The van der Waals surface area contributed by atoms with Crippen molar-refractivity contribution in [3.8, 4) is 5.69 Å². The van der Waals surface area contributed by atoms with Gasteiger partial charge in [-0.25, -0.2) is 4.79 Å². The highest BCUT2D eigenvalue weighted by atomic mass is 32.2. The molecule has 1 N–H and O–H groups in total. The van der Waals surface area contributed by atoms with Crippen LogP contribution >= 0.6 is 11.8 Å². The van der Waals surface area contributed by atoms with Crippen molar-refractivity contribution in [1.29, 1.82) is 0 Å². The van der Waals surface area contributed by atoms with E-state index in [2.05, 4.69) is 28.5 Å². The Bertz CT molecular complexity index is 1030. The molecule has 0 aliphatic rings. The maximum absolute atomic E-state index is 12.5. The highest BCUT2D eigenvalue weighted by Crippen LogP contribution is 2.23. The lowest BCUT2D eigenvalue weighted by Gasteiger charge is -2.11. The van der Waals surface area contributed by atoms with Crippen LogP contribution in [0.25, 0.3) is 5.69 Å². The molecule has 150 valence electrons. The van der Waals surface area contributed by atoms with E-state index in [0.717, 1.165) is 17.7 Å². The topological polar surface area (TPSA) is 86.1 Å². The SMILES string of the molecule is CCc1ccccc1-n1cnnc1SCC(=O)Nc1cc(C(=O)OC)ccc1C. The minimum absolute atomic E-state index is 0.162. The average Bonchev–Trinajstić information content (AvgIpc) is 3.21. The van der Waals surface area contributed by atoms with Gasteiger partial charge in [-0.15, -0.1) is 10.2 Å². The molecule has 0 bridgehead atoms. The summed E-state index contributed by atoms with van der Waals surface area (Å²) in [5, 5.41) is 11.6. The van der Waals surface area contributed by atoms with E-state index >= 15 is 0 Å². The van der Waals surface area contributed by atoms with Gasteiger partial charge in [-0.2, -0.15) is 0 Å². The Kier molecular flexibility index (Phi) is 6.66. The Hall–Kier alpha value is -3.13. The van der Waals surface area contributed by atoms with Crippen molar-refractivity contribution >= 4 is 29.3 Å². The van der Waals surface area contributed by atoms with Gasteiger partial charge in [0.15, 0.2) is 5.16 Å². The molecule has 1 amide bonds. The van der Waals surface area contributed by atoms with Gasteiger partial charge in [0, 0.05) is 5.69 Å². The van der Waals surface area contributed by atoms with Crippen LogP contribution in [-0.4, -0.2) is 39.5 Å². The number of esters is 1. The predicted octanol–water partition coefficient (Wildman–Crippen LogP) is 3.66. The van der Waals surface area contributed by atoms with E-state index in [0.29, 0.717) is 16.4 Å². The Morgan fingerprint density at radius 2 is 2.00 bits per heavy atom. The lowest BCUT2D eigenvalue weighted by atomic mass is 10.1. The van der Waals surface area contributed by atoms with Crippen molar-refractivity contribution in [3.63, 3.8) is 0 Å². The molecule has 0 radical (unpaired) electrons. The van der Waals surface area contributed by atoms with E-state index in [9.17, 15) is 9.59 Å². The fraction of sp³-hybridized carbons (Fsp3) is 0.238. The van der Waals surface area contributed by atoms with Gasteiger partial charge in [0.05, 0.1) is 24.1 Å². The number of thioether (sulfide) groups is 1. The molecule has 0 aliphatic heterocycles. The molecule has 7 nitrogen and oxygen atoms in total. The number of nitrogens with one attached hydrogen (secondary N) is 1. The Morgan fingerprint density at radius 1 is 1.21 bits per heavy atom. The number of amides is 1. The molecule has 0 atom stereocenters. The van der Waals surface area contributed by atoms with Gasteiger partial charge in [-0.1, -0.05) is 43.0 Å². The van der Waals surface area contributed by atoms with E-state index in [1.807, 2.05) is 29.7 Å². The van der Waals surface area contributed by atoms with Gasteiger partial charge in [0.1, 0.15) is 6.33 Å². The van der Waals surface area contributed by atoms with Crippen LogP contribution in [0.1, 0.15) is 28.4 Å². The predicted molar refractivity (Wildman–Crippen MR) is 113 cm³/mol. The summed E-state index contributed by atoms with van der Waals surface area (Å²) in [4.78, 5) is 24.2. The van der Waals surface area contributed by atoms with Gasteiger partial charge in [0.25, 0.3) is 0 Å². The van der Waals surface area contributed by atoms with Crippen molar-refractivity contribution in [3.05, 3.63) is 65.5 Å².